The van der Waals surface area contributed by atoms with E-state index in [4.69, 9.17) is 9.87 Å². The number of thiol groups is 1. The van der Waals surface area contributed by atoms with E-state index in [1.165, 1.54) is 0 Å². The van der Waals surface area contributed by atoms with Crippen molar-refractivity contribution in [2.24, 2.45) is 0 Å². The molecule has 0 radical (unpaired) electrons. The first-order valence-corrected chi connectivity index (χ1v) is 8.05. The molecular formula is C9H20OS2. The molecule has 1 atom stereocenters. The van der Waals surface area contributed by atoms with Gasteiger partial charge in [-0.05, 0) is 32.6 Å². The second kappa shape index (κ2) is 3.93. The lowest BCUT2D eigenvalue weighted by atomic mass is 10.5. The van der Waals surface area contributed by atoms with E-state index in [2.05, 4.69) is 32.9 Å². The van der Waals surface area contributed by atoms with Crippen LogP contribution in [0.1, 0.15) is 13.8 Å². The van der Waals surface area contributed by atoms with Crippen LogP contribution < -0.4 is 0 Å². The normalized spacial score (nSPS) is 17.0. The highest BCUT2D eigenvalue weighted by Crippen LogP contribution is 2.55. The number of hydrogen-bond donors (Lipinski definition) is 1. The van der Waals surface area contributed by atoms with Crippen LogP contribution in [0.4, 0.5) is 0 Å². The van der Waals surface area contributed by atoms with Gasteiger partial charge in [0.25, 0.3) is 0 Å². The Morgan fingerprint density at radius 2 is 1.92 bits per heavy atom. The van der Waals surface area contributed by atoms with E-state index in [0.29, 0.717) is 0 Å². The van der Waals surface area contributed by atoms with Gasteiger partial charge in [0.1, 0.15) is 4.93 Å². The molecule has 0 aromatic carbocycles. The fourth-order valence-corrected chi connectivity index (χ4v) is 2.86. The monoisotopic (exact) mass is 208 g/mol. The summed E-state index contributed by atoms with van der Waals surface area (Å²) >= 11 is 0. The van der Waals surface area contributed by atoms with Crippen molar-refractivity contribution in [2.75, 3.05) is 18.8 Å². The van der Waals surface area contributed by atoms with Crippen LogP contribution >= 0.6 is 20.6 Å². The molecule has 0 aliphatic carbocycles. The minimum atomic E-state index is -0.915. The van der Waals surface area contributed by atoms with Gasteiger partial charge in [-0.15, -0.1) is 5.69 Å². The molecule has 0 saturated carbocycles. The molecule has 12 heavy (non-hydrogen) atoms. The third-order valence-corrected chi connectivity index (χ3v) is 6.37. The predicted octanol–water partition coefficient (Wildman–Crippen LogP) is 3.08. The van der Waals surface area contributed by atoms with Gasteiger partial charge in [-0.25, -0.2) is 0 Å². The van der Waals surface area contributed by atoms with Crippen molar-refractivity contribution < 1.29 is 4.18 Å². The van der Waals surface area contributed by atoms with E-state index >= 15 is 0 Å². The topological polar surface area (TPSA) is 9.23 Å². The third kappa shape index (κ3) is 2.91. The molecule has 3 heteroatoms. The second-order valence-corrected chi connectivity index (χ2v) is 9.01. The van der Waals surface area contributed by atoms with Gasteiger partial charge in [0, 0.05) is 0 Å². The summed E-state index contributed by atoms with van der Waals surface area (Å²) in [5, 5.41) is 1.99. The third-order valence-electron chi connectivity index (χ3n) is 2.05. The fraction of sp³-hybridized carbons (Fsp3) is 0.667. The predicted molar refractivity (Wildman–Crippen MR) is 64.7 cm³/mol. The van der Waals surface area contributed by atoms with E-state index in [1.54, 1.807) is 0 Å². The first-order chi connectivity index (χ1) is 5.23. The summed E-state index contributed by atoms with van der Waals surface area (Å²) in [5.74, 6) is 0. The zero-order valence-electron chi connectivity index (χ0n) is 8.63. The van der Waals surface area contributed by atoms with Crippen LogP contribution in [0.3, 0.4) is 0 Å². The molecule has 0 aliphatic heterocycles. The Kier molecular flexibility index (Phi) is 3.98. The molecule has 74 valence electrons. The minimum absolute atomic E-state index is 0.163. The van der Waals surface area contributed by atoms with Crippen LogP contribution in [0.15, 0.2) is 12.0 Å². The van der Waals surface area contributed by atoms with Gasteiger partial charge >= 0.3 is 0 Å². The van der Waals surface area contributed by atoms with Gasteiger partial charge in [0.2, 0.25) is 0 Å². The molecule has 0 aromatic heterocycles. The van der Waals surface area contributed by atoms with Crippen LogP contribution in [0.25, 0.3) is 0 Å². The molecule has 0 saturated heterocycles. The minimum Gasteiger partial charge on any atom is -0.314 e. The summed E-state index contributed by atoms with van der Waals surface area (Å²) in [6, 6.07) is 0. The first-order valence-electron chi connectivity index (χ1n) is 3.76. The Morgan fingerprint density at radius 1 is 1.50 bits per heavy atom. The van der Waals surface area contributed by atoms with Gasteiger partial charge in [-0.1, -0.05) is 22.6 Å². The molecule has 0 N–H and O–H groups in total. The summed E-state index contributed by atoms with van der Waals surface area (Å²) in [7, 11) is -1.70. The highest BCUT2D eigenvalue weighted by atomic mass is 32.3. The van der Waals surface area contributed by atoms with E-state index in [0.717, 1.165) is 0 Å². The van der Waals surface area contributed by atoms with Gasteiger partial charge in [0.05, 0.1) is 0 Å². The zero-order chi connectivity index (χ0) is 9.99. The average molecular weight is 208 g/mol. The Hall–Kier alpha value is 0.180. The van der Waals surface area contributed by atoms with E-state index in [1.807, 2.05) is 11.7 Å². The fourth-order valence-electron chi connectivity index (χ4n) is 0.644. The first kappa shape index (κ1) is 12.2. The lowest BCUT2D eigenvalue weighted by molar-refractivity contribution is 0.246. The van der Waals surface area contributed by atoms with Crippen molar-refractivity contribution in [3.8, 4) is 5.69 Å². The van der Waals surface area contributed by atoms with Crippen molar-refractivity contribution in [2.45, 2.75) is 18.8 Å². The summed E-state index contributed by atoms with van der Waals surface area (Å²) < 4.78 is 5.70. The van der Waals surface area contributed by atoms with Gasteiger partial charge in [-0.3, -0.25) is 0 Å². The van der Waals surface area contributed by atoms with E-state index in [9.17, 15) is 0 Å². The molecule has 0 aliphatic rings. The molecule has 1 nitrogen and oxygen atoms in total. The number of hydrogen-bond acceptors (Lipinski definition) is 1. The van der Waals surface area contributed by atoms with E-state index < -0.39 is 20.6 Å². The van der Waals surface area contributed by atoms with Gasteiger partial charge < -0.3 is 4.18 Å². The Morgan fingerprint density at radius 3 is 2.17 bits per heavy atom. The molecule has 0 fully saturated rings. The number of rotatable bonds is 3. The highest BCUT2D eigenvalue weighted by Gasteiger charge is 2.31. The molecule has 0 spiro atoms. The Bertz CT molecular complexity index is 233. The molecule has 0 amide bonds. The van der Waals surface area contributed by atoms with E-state index in [-0.39, 0.29) is 4.93 Å². The lowest BCUT2D eigenvalue weighted by Crippen LogP contribution is -2.27. The summed E-state index contributed by atoms with van der Waals surface area (Å²) in [6.07, 6.45) is 6.27. The van der Waals surface area contributed by atoms with Crippen LogP contribution in [-0.2, 0) is 4.18 Å². The summed E-state index contributed by atoms with van der Waals surface area (Å²) in [5.41, 5.74) is 5.65. The quantitative estimate of drug-likeness (QED) is 0.701. The van der Waals surface area contributed by atoms with Crippen LogP contribution in [0.5, 0.6) is 0 Å². The maximum absolute atomic E-state index is 5.70. The van der Waals surface area contributed by atoms with Crippen molar-refractivity contribution in [3.05, 3.63) is 12.0 Å². The molecular weight excluding hydrogens is 188 g/mol. The van der Waals surface area contributed by atoms with Crippen LogP contribution in [0.2, 0.25) is 0 Å². The molecule has 0 bridgehead atoms. The highest BCUT2D eigenvalue weighted by molar-refractivity contribution is 8.36. The SMILES string of the molecule is C#[SH](C)OC(C)(C)S(C)(C)C=C. The van der Waals surface area contributed by atoms with Crippen molar-refractivity contribution >= 4 is 20.6 Å². The largest absolute Gasteiger partial charge is 0.314 e. The van der Waals surface area contributed by atoms with Crippen molar-refractivity contribution in [1.82, 2.24) is 0 Å². The Balaban J connectivity index is 4.63. The zero-order valence-corrected chi connectivity index (χ0v) is 10.3. The second-order valence-electron chi connectivity index (χ2n) is 3.61. The van der Waals surface area contributed by atoms with Gasteiger partial charge in [-0.2, -0.15) is 10.0 Å². The van der Waals surface area contributed by atoms with Gasteiger partial charge in [0.15, 0.2) is 0 Å². The summed E-state index contributed by atoms with van der Waals surface area (Å²) in [6.45, 7) is 7.99. The maximum atomic E-state index is 5.70. The Labute approximate surface area is 80.3 Å². The molecule has 0 heterocycles. The smallest absolute Gasteiger partial charge is 0.109 e. The summed E-state index contributed by atoms with van der Waals surface area (Å²) in [4.78, 5) is -0.163. The maximum Gasteiger partial charge on any atom is 0.109 e. The molecule has 0 aromatic rings. The molecule has 1 unspecified atom stereocenters. The lowest BCUT2D eigenvalue weighted by Gasteiger charge is -2.43. The standard InChI is InChI=1S/C9H20OS2/c1-8-12(6,7)9(2,3)10-11(4)5/h4,8,11H,1H2,2-3,5-7H3. The van der Waals surface area contributed by atoms with Crippen LogP contribution in [0, 0.1) is 5.69 Å². The van der Waals surface area contributed by atoms with Crippen molar-refractivity contribution in [3.63, 3.8) is 0 Å². The van der Waals surface area contributed by atoms with Crippen molar-refractivity contribution in [1.29, 1.82) is 0 Å². The van der Waals surface area contributed by atoms with Crippen LogP contribution in [-0.4, -0.2) is 23.7 Å². The average Bonchev–Trinajstić information content (AvgIpc) is 1.84. The molecule has 0 rings (SSSR count).